The quantitative estimate of drug-likeness (QED) is 0.537. The number of carbonyl (C=O) groups excluding carboxylic acids is 1. The number of benzene rings is 2. The standard InChI is InChI=1S/C22H18N2OS/c25-22(15-7-2-1-3-8-15)24-13-12-17-16-9-4-5-10-18(16)23-20(17)21(24)19-11-6-14-26-19/h1-11,14,21,23H,12-13H2. The molecule has 0 aliphatic carbocycles. The van der Waals surface area contributed by atoms with E-state index in [1.807, 2.05) is 35.2 Å². The van der Waals surface area contributed by atoms with Gasteiger partial charge in [-0.1, -0.05) is 42.5 Å². The van der Waals surface area contributed by atoms with Crippen molar-refractivity contribution >= 4 is 28.1 Å². The normalized spacial score (nSPS) is 16.6. The van der Waals surface area contributed by atoms with Gasteiger partial charge in [-0.15, -0.1) is 11.3 Å². The van der Waals surface area contributed by atoms with E-state index >= 15 is 0 Å². The summed E-state index contributed by atoms with van der Waals surface area (Å²) in [5.41, 5.74) is 4.39. The van der Waals surface area contributed by atoms with Crippen LogP contribution < -0.4 is 0 Å². The number of carbonyl (C=O) groups is 1. The third-order valence-corrected chi connectivity index (χ3v) is 6.05. The average molecular weight is 358 g/mol. The minimum absolute atomic E-state index is 0.0566. The van der Waals surface area contributed by atoms with Crippen molar-refractivity contribution in [1.82, 2.24) is 9.88 Å². The Labute approximate surface area is 155 Å². The van der Waals surface area contributed by atoms with Crippen LogP contribution in [-0.2, 0) is 6.42 Å². The van der Waals surface area contributed by atoms with E-state index in [9.17, 15) is 4.79 Å². The first kappa shape index (κ1) is 15.4. The molecule has 4 heteroatoms. The fourth-order valence-corrected chi connectivity index (χ4v) is 4.79. The summed E-state index contributed by atoms with van der Waals surface area (Å²) >= 11 is 1.71. The lowest BCUT2D eigenvalue weighted by molar-refractivity contribution is 0.0694. The van der Waals surface area contributed by atoms with E-state index in [4.69, 9.17) is 0 Å². The lowest BCUT2D eigenvalue weighted by Gasteiger charge is -2.35. The van der Waals surface area contributed by atoms with Gasteiger partial charge in [0.1, 0.15) is 6.04 Å². The van der Waals surface area contributed by atoms with Gasteiger partial charge in [0, 0.05) is 33.6 Å². The van der Waals surface area contributed by atoms with E-state index < -0.39 is 0 Å². The molecule has 0 fully saturated rings. The molecule has 3 nitrogen and oxygen atoms in total. The van der Waals surface area contributed by atoms with Gasteiger partial charge in [0.2, 0.25) is 0 Å². The van der Waals surface area contributed by atoms with Crippen LogP contribution in [0.2, 0.25) is 0 Å². The van der Waals surface area contributed by atoms with E-state index in [1.165, 1.54) is 15.8 Å². The Bertz CT molecular complexity index is 1070. The van der Waals surface area contributed by atoms with Crippen molar-refractivity contribution in [2.75, 3.05) is 6.54 Å². The number of H-pyrrole nitrogens is 1. The number of amides is 1. The number of hydrogen-bond acceptors (Lipinski definition) is 2. The van der Waals surface area contributed by atoms with Crippen LogP contribution in [0.15, 0.2) is 72.1 Å². The van der Waals surface area contributed by atoms with Crippen LogP contribution in [-0.4, -0.2) is 22.3 Å². The van der Waals surface area contributed by atoms with Crippen molar-refractivity contribution in [3.63, 3.8) is 0 Å². The maximum atomic E-state index is 13.2. The Balaban J connectivity index is 1.66. The highest BCUT2D eigenvalue weighted by Crippen LogP contribution is 2.40. The SMILES string of the molecule is O=C(c1ccccc1)N1CCc2c([nH]c3ccccc23)C1c1cccs1. The van der Waals surface area contributed by atoms with Crippen LogP contribution in [0.1, 0.15) is 32.5 Å². The molecular formula is C22H18N2OS. The summed E-state index contributed by atoms with van der Waals surface area (Å²) in [6, 6.07) is 22.1. The fourth-order valence-electron chi connectivity index (χ4n) is 3.95. The van der Waals surface area contributed by atoms with Gasteiger partial charge in [0.15, 0.2) is 0 Å². The largest absolute Gasteiger partial charge is 0.356 e. The summed E-state index contributed by atoms with van der Waals surface area (Å²) in [6.45, 7) is 0.727. The first-order valence-corrected chi connectivity index (χ1v) is 9.70. The first-order chi connectivity index (χ1) is 12.8. The maximum Gasteiger partial charge on any atom is 0.254 e. The molecule has 5 rings (SSSR count). The van der Waals surface area contributed by atoms with Crippen molar-refractivity contribution in [2.24, 2.45) is 0 Å². The number of nitrogens with one attached hydrogen (secondary N) is 1. The van der Waals surface area contributed by atoms with E-state index in [0.717, 1.165) is 29.7 Å². The van der Waals surface area contributed by atoms with Crippen LogP contribution in [0, 0.1) is 0 Å². The summed E-state index contributed by atoms with van der Waals surface area (Å²) in [5, 5.41) is 3.35. The van der Waals surface area contributed by atoms with Gasteiger partial charge in [-0.25, -0.2) is 0 Å². The zero-order valence-corrected chi connectivity index (χ0v) is 15.0. The van der Waals surface area contributed by atoms with Crippen LogP contribution in [0.25, 0.3) is 10.9 Å². The van der Waals surface area contributed by atoms with Gasteiger partial charge in [-0.05, 0) is 41.6 Å². The second-order valence-electron chi connectivity index (χ2n) is 6.60. The molecule has 1 N–H and O–H groups in total. The molecule has 1 aliphatic rings. The zero-order valence-electron chi connectivity index (χ0n) is 14.2. The van der Waals surface area contributed by atoms with Crippen molar-refractivity contribution in [3.05, 3.63) is 93.8 Å². The third kappa shape index (κ3) is 2.37. The first-order valence-electron chi connectivity index (χ1n) is 8.82. The predicted molar refractivity (Wildman–Crippen MR) is 106 cm³/mol. The van der Waals surface area contributed by atoms with E-state index in [-0.39, 0.29) is 11.9 Å². The van der Waals surface area contributed by atoms with E-state index in [1.54, 1.807) is 11.3 Å². The molecule has 1 aliphatic heterocycles. The Hall–Kier alpha value is -2.85. The minimum atomic E-state index is -0.0566. The molecular weight excluding hydrogens is 340 g/mol. The Morgan fingerprint density at radius 2 is 1.81 bits per heavy atom. The zero-order chi connectivity index (χ0) is 17.5. The number of para-hydroxylation sites is 1. The average Bonchev–Trinajstić information content (AvgIpc) is 3.35. The molecule has 1 amide bonds. The molecule has 2 aromatic heterocycles. The highest BCUT2D eigenvalue weighted by molar-refractivity contribution is 7.10. The van der Waals surface area contributed by atoms with Crippen molar-refractivity contribution in [2.45, 2.75) is 12.5 Å². The highest BCUT2D eigenvalue weighted by atomic mass is 32.1. The highest BCUT2D eigenvalue weighted by Gasteiger charge is 2.35. The molecule has 128 valence electrons. The third-order valence-electron chi connectivity index (χ3n) is 5.13. The summed E-state index contributed by atoms with van der Waals surface area (Å²) in [5.74, 6) is 0.0910. The number of rotatable bonds is 2. The number of aromatic amines is 1. The second kappa shape index (κ2) is 6.15. The Kier molecular flexibility index (Phi) is 3.64. The van der Waals surface area contributed by atoms with Crippen LogP contribution >= 0.6 is 11.3 Å². The molecule has 0 saturated carbocycles. The van der Waals surface area contributed by atoms with Crippen molar-refractivity contribution in [3.8, 4) is 0 Å². The smallest absolute Gasteiger partial charge is 0.254 e. The fraction of sp³-hybridized carbons (Fsp3) is 0.136. The number of aromatic nitrogens is 1. The molecule has 2 aromatic carbocycles. The topological polar surface area (TPSA) is 36.1 Å². The van der Waals surface area contributed by atoms with Gasteiger partial charge in [0.25, 0.3) is 5.91 Å². The number of nitrogens with zero attached hydrogens (tertiary/aromatic N) is 1. The van der Waals surface area contributed by atoms with E-state index in [0.29, 0.717) is 0 Å². The number of thiophene rings is 1. The van der Waals surface area contributed by atoms with Gasteiger partial charge < -0.3 is 9.88 Å². The molecule has 4 aromatic rings. The monoisotopic (exact) mass is 358 g/mol. The maximum absolute atomic E-state index is 13.2. The lowest BCUT2D eigenvalue weighted by atomic mass is 9.95. The molecule has 0 radical (unpaired) electrons. The Morgan fingerprint density at radius 3 is 2.62 bits per heavy atom. The summed E-state index contributed by atoms with van der Waals surface area (Å²) in [7, 11) is 0. The van der Waals surface area contributed by atoms with Gasteiger partial charge >= 0.3 is 0 Å². The summed E-state index contributed by atoms with van der Waals surface area (Å²) in [4.78, 5) is 20.1. The second-order valence-corrected chi connectivity index (χ2v) is 7.57. The number of fused-ring (bicyclic) bond motifs is 3. The van der Waals surface area contributed by atoms with Gasteiger partial charge in [-0.3, -0.25) is 4.79 Å². The Morgan fingerprint density at radius 1 is 1.00 bits per heavy atom. The van der Waals surface area contributed by atoms with E-state index in [2.05, 4.69) is 46.8 Å². The number of hydrogen-bond donors (Lipinski definition) is 1. The summed E-state index contributed by atoms with van der Waals surface area (Å²) < 4.78 is 0. The van der Waals surface area contributed by atoms with Crippen LogP contribution in [0.5, 0.6) is 0 Å². The molecule has 0 spiro atoms. The molecule has 1 unspecified atom stereocenters. The molecule has 0 bridgehead atoms. The van der Waals surface area contributed by atoms with Crippen molar-refractivity contribution < 1.29 is 4.79 Å². The molecule has 26 heavy (non-hydrogen) atoms. The lowest BCUT2D eigenvalue weighted by Crippen LogP contribution is -2.40. The van der Waals surface area contributed by atoms with Gasteiger partial charge in [0.05, 0.1) is 0 Å². The van der Waals surface area contributed by atoms with Gasteiger partial charge in [-0.2, -0.15) is 0 Å². The van der Waals surface area contributed by atoms with Crippen LogP contribution in [0.3, 0.4) is 0 Å². The molecule has 3 heterocycles. The molecule has 1 atom stereocenters. The van der Waals surface area contributed by atoms with Crippen LogP contribution in [0.4, 0.5) is 0 Å². The predicted octanol–water partition coefficient (Wildman–Crippen LogP) is 5.02. The molecule has 0 saturated heterocycles. The summed E-state index contributed by atoms with van der Waals surface area (Å²) in [6.07, 6.45) is 0.875. The van der Waals surface area contributed by atoms with Crippen molar-refractivity contribution in [1.29, 1.82) is 0 Å². The minimum Gasteiger partial charge on any atom is -0.356 e.